The van der Waals surface area contributed by atoms with Crippen LogP contribution in [0.1, 0.15) is 12.5 Å². The fraction of sp³-hybridized carbons (Fsp3) is 0.294. The van der Waals surface area contributed by atoms with Crippen LogP contribution in [0.15, 0.2) is 47.4 Å². The van der Waals surface area contributed by atoms with Crippen molar-refractivity contribution in [2.24, 2.45) is 0 Å². The van der Waals surface area contributed by atoms with Crippen LogP contribution in [-0.4, -0.2) is 29.2 Å². The van der Waals surface area contributed by atoms with E-state index >= 15 is 0 Å². The fourth-order valence-corrected chi connectivity index (χ4v) is 3.13. The molecule has 0 heterocycles. The zero-order valence-corrected chi connectivity index (χ0v) is 14.7. The van der Waals surface area contributed by atoms with Crippen molar-refractivity contribution in [2.75, 3.05) is 20.8 Å². The minimum absolute atomic E-state index is 0.151. The Balaban J connectivity index is 2.12. The van der Waals surface area contributed by atoms with Crippen molar-refractivity contribution in [1.29, 1.82) is 0 Å². The third-order valence-corrected chi connectivity index (χ3v) is 4.78. The lowest BCUT2D eigenvalue weighted by Gasteiger charge is -2.12. The Morgan fingerprint density at radius 3 is 2.25 bits per heavy atom. The Bertz CT molecular complexity index is 772. The monoisotopic (exact) mass is 351 g/mol. The summed E-state index contributed by atoms with van der Waals surface area (Å²) < 4.78 is 43.0. The van der Waals surface area contributed by atoms with Crippen LogP contribution in [0, 0.1) is 0 Å². The van der Waals surface area contributed by atoms with E-state index in [2.05, 4.69) is 4.72 Å². The Labute approximate surface area is 142 Å². The first-order valence-electron chi connectivity index (χ1n) is 7.43. The number of sulfonamides is 1. The van der Waals surface area contributed by atoms with Gasteiger partial charge in [-0.2, -0.15) is 0 Å². The highest BCUT2D eigenvalue weighted by atomic mass is 32.2. The van der Waals surface area contributed by atoms with Crippen molar-refractivity contribution < 1.29 is 22.6 Å². The molecule has 0 radical (unpaired) electrons. The third kappa shape index (κ3) is 4.39. The average molecular weight is 351 g/mol. The number of benzene rings is 2. The highest BCUT2D eigenvalue weighted by Gasteiger charge is 2.14. The molecular weight excluding hydrogens is 330 g/mol. The molecule has 24 heavy (non-hydrogen) atoms. The lowest BCUT2D eigenvalue weighted by Crippen LogP contribution is -2.23. The summed E-state index contributed by atoms with van der Waals surface area (Å²) in [4.78, 5) is 0.182. The van der Waals surface area contributed by atoms with Gasteiger partial charge in [-0.1, -0.05) is 6.07 Å². The molecule has 0 unspecified atom stereocenters. The minimum atomic E-state index is -3.60. The van der Waals surface area contributed by atoms with Crippen molar-refractivity contribution in [3.8, 4) is 17.2 Å². The van der Waals surface area contributed by atoms with E-state index < -0.39 is 10.0 Å². The largest absolute Gasteiger partial charge is 0.497 e. The summed E-state index contributed by atoms with van der Waals surface area (Å²) >= 11 is 0. The van der Waals surface area contributed by atoms with Gasteiger partial charge < -0.3 is 14.2 Å². The van der Waals surface area contributed by atoms with Gasteiger partial charge in [0.15, 0.2) is 11.5 Å². The van der Waals surface area contributed by atoms with E-state index in [4.69, 9.17) is 14.2 Å². The van der Waals surface area contributed by atoms with E-state index in [0.29, 0.717) is 23.9 Å². The molecule has 0 atom stereocenters. The van der Waals surface area contributed by atoms with Crippen LogP contribution in [0.25, 0.3) is 0 Å². The Morgan fingerprint density at radius 1 is 0.958 bits per heavy atom. The van der Waals surface area contributed by atoms with Gasteiger partial charge in [-0.25, -0.2) is 13.1 Å². The Morgan fingerprint density at radius 2 is 1.67 bits per heavy atom. The highest BCUT2D eigenvalue weighted by Crippen LogP contribution is 2.28. The maximum Gasteiger partial charge on any atom is 0.240 e. The SMILES string of the molecule is CCOc1cc(CNS(=O)(=O)c2ccc(OC)cc2)ccc1OC. The quantitative estimate of drug-likeness (QED) is 0.791. The van der Waals surface area contributed by atoms with Crippen molar-refractivity contribution in [3.63, 3.8) is 0 Å². The first-order valence-corrected chi connectivity index (χ1v) is 8.92. The van der Waals surface area contributed by atoms with Crippen molar-refractivity contribution in [3.05, 3.63) is 48.0 Å². The average Bonchev–Trinajstić information content (AvgIpc) is 2.60. The molecule has 0 aliphatic heterocycles. The first kappa shape index (κ1) is 18.1. The second-order valence-corrected chi connectivity index (χ2v) is 6.69. The molecule has 0 aliphatic carbocycles. The summed E-state index contributed by atoms with van der Waals surface area (Å²) in [5, 5.41) is 0. The zero-order chi connectivity index (χ0) is 17.6. The lowest BCUT2D eigenvalue weighted by atomic mass is 10.2. The summed E-state index contributed by atoms with van der Waals surface area (Å²) in [6.45, 7) is 2.52. The molecule has 0 spiro atoms. The number of methoxy groups -OCH3 is 2. The summed E-state index contributed by atoms with van der Waals surface area (Å²) in [5.41, 5.74) is 0.774. The molecule has 1 N–H and O–H groups in total. The van der Waals surface area contributed by atoms with Crippen LogP contribution in [0.5, 0.6) is 17.2 Å². The highest BCUT2D eigenvalue weighted by molar-refractivity contribution is 7.89. The molecule has 6 nitrogen and oxygen atoms in total. The normalized spacial score (nSPS) is 11.1. The van der Waals surface area contributed by atoms with Gasteiger partial charge in [-0.3, -0.25) is 0 Å². The summed E-state index contributed by atoms with van der Waals surface area (Å²) in [7, 11) is -0.513. The van der Waals surface area contributed by atoms with E-state index in [1.807, 2.05) is 6.92 Å². The molecule has 0 bridgehead atoms. The van der Waals surface area contributed by atoms with Crippen molar-refractivity contribution in [1.82, 2.24) is 4.72 Å². The van der Waals surface area contributed by atoms with E-state index in [9.17, 15) is 8.42 Å². The molecule has 0 saturated heterocycles. The van der Waals surface area contributed by atoms with Gasteiger partial charge in [0.1, 0.15) is 5.75 Å². The lowest BCUT2D eigenvalue weighted by molar-refractivity contribution is 0.310. The molecule has 0 fully saturated rings. The van der Waals surface area contributed by atoms with Gasteiger partial charge in [-0.15, -0.1) is 0 Å². The summed E-state index contributed by atoms with van der Waals surface area (Å²) in [5.74, 6) is 1.80. The number of hydrogen-bond acceptors (Lipinski definition) is 5. The molecule has 2 aromatic carbocycles. The van der Waals surface area contributed by atoms with Crippen molar-refractivity contribution in [2.45, 2.75) is 18.4 Å². The predicted molar refractivity (Wildman–Crippen MR) is 91.2 cm³/mol. The van der Waals surface area contributed by atoms with Crippen LogP contribution in [0.2, 0.25) is 0 Å². The Kier molecular flexibility index (Phi) is 6.05. The molecule has 7 heteroatoms. The standard InChI is InChI=1S/C17H21NO5S/c1-4-23-17-11-13(5-10-16(17)22-3)12-18-24(19,20)15-8-6-14(21-2)7-9-15/h5-11,18H,4,12H2,1-3H3. The van der Waals surface area contributed by atoms with Crippen LogP contribution in [-0.2, 0) is 16.6 Å². The maximum atomic E-state index is 12.3. The molecule has 0 amide bonds. The second-order valence-electron chi connectivity index (χ2n) is 4.92. The Hall–Kier alpha value is -2.25. The molecule has 0 aromatic heterocycles. The number of rotatable bonds is 8. The summed E-state index contributed by atoms with van der Waals surface area (Å²) in [6, 6.07) is 11.5. The minimum Gasteiger partial charge on any atom is -0.497 e. The fourth-order valence-electron chi connectivity index (χ4n) is 2.12. The maximum absolute atomic E-state index is 12.3. The van der Waals surface area contributed by atoms with Crippen molar-refractivity contribution >= 4 is 10.0 Å². The zero-order valence-electron chi connectivity index (χ0n) is 13.9. The van der Waals surface area contributed by atoms with Gasteiger partial charge in [0.25, 0.3) is 0 Å². The van der Waals surface area contributed by atoms with Gasteiger partial charge in [0, 0.05) is 6.54 Å². The number of nitrogens with one attached hydrogen (secondary N) is 1. The third-order valence-electron chi connectivity index (χ3n) is 3.36. The molecule has 130 valence electrons. The van der Waals surface area contributed by atoms with Crippen LogP contribution in [0.4, 0.5) is 0 Å². The van der Waals surface area contributed by atoms with E-state index in [1.165, 1.54) is 19.2 Å². The van der Waals surface area contributed by atoms with Gasteiger partial charge in [0.05, 0.1) is 25.7 Å². The molecule has 0 saturated carbocycles. The van der Waals surface area contributed by atoms with Crippen LogP contribution in [0.3, 0.4) is 0 Å². The predicted octanol–water partition coefficient (Wildman–Crippen LogP) is 2.58. The molecule has 0 aliphatic rings. The van der Waals surface area contributed by atoms with E-state index in [0.717, 1.165) is 5.56 Å². The molecular formula is C17H21NO5S. The van der Waals surface area contributed by atoms with E-state index in [1.54, 1.807) is 37.4 Å². The van der Waals surface area contributed by atoms with Crippen LogP contribution >= 0.6 is 0 Å². The molecule has 2 aromatic rings. The van der Waals surface area contributed by atoms with Gasteiger partial charge in [0.2, 0.25) is 10.0 Å². The van der Waals surface area contributed by atoms with E-state index in [-0.39, 0.29) is 11.4 Å². The van der Waals surface area contributed by atoms with Gasteiger partial charge in [-0.05, 0) is 48.9 Å². The molecule has 2 rings (SSSR count). The number of hydrogen-bond donors (Lipinski definition) is 1. The van der Waals surface area contributed by atoms with Gasteiger partial charge >= 0.3 is 0 Å². The second kappa shape index (κ2) is 8.03. The number of ether oxygens (including phenoxy) is 3. The first-order chi connectivity index (χ1) is 11.5. The summed E-state index contributed by atoms with van der Waals surface area (Å²) in [6.07, 6.45) is 0. The topological polar surface area (TPSA) is 73.9 Å². The smallest absolute Gasteiger partial charge is 0.240 e. The van der Waals surface area contributed by atoms with Crippen LogP contribution < -0.4 is 18.9 Å².